The van der Waals surface area contributed by atoms with Crippen molar-refractivity contribution in [2.45, 2.75) is 6.42 Å². The van der Waals surface area contributed by atoms with Crippen LogP contribution < -0.4 is 0 Å². The van der Waals surface area contributed by atoms with Gasteiger partial charge in [0.2, 0.25) is 5.91 Å². The molecule has 1 aliphatic rings. The van der Waals surface area contributed by atoms with Gasteiger partial charge in [0.1, 0.15) is 5.82 Å². The van der Waals surface area contributed by atoms with Gasteiger partial charge in [-0.3, -0.25) is 14.7 Å². The van der Waals surface area contributed by atoms with E-state index in [2.05, 4.69) is 10.2 Å². The summed E-state index contributed by atoms with van der Waals surface area (Å²) in [6.45, 7) is 1.84. The Bertz CT molecular complexity index is 694. The van der Waals surface area contributed by atoms with Gasteiger partial charge in [-0.25, -0.2) is 4.39 Å². The Labute approximate surface area is 132 Å². The number of carbonyl (C=O) groups excluding carboxylic acids is 2. The largest absolute Gasteiger partial charge is 0.339 e. The van der Waals surface area contributed by atoms with E-state index in [-0.39, 0.29) is 24.1 Å². The van der Waals surface area contributed by atoms with Crippen LogP contribution in [0.15, 0.2) is 36.7 Å². The molecule has 2 heterocycles. The predicted molar refractivity (Wildman–Crippen MR) is 81.2 cm³/mol. The lowest BCUT2D eigenvalue weighted by atomic mass is 10.1. The van der Waals surface area contributed by atoms with Crippen molar-refractivity contribution in [3.8, 4) is 0 Å². The molecule has 1 aromatic heterocycles. The minimum Gasteiger partial charge on any atom is -0.339 e. The molecule has 0 bridgehead atoms. The van der Waals surface area contributed by atoms with Crippen molar-refractivity contribution < 1.29 is 14.0 Å². The van der Waals surface area contributed by atoms with Crippen molar-refractivity contribution in [2.24, 2.45) is 0 Å². The maximum absolute atomic E-state index is 13.6. The average molecular weight is 316 g/mol. The molecule has 23 heavy (non-hydrogen) atoms. The van der Waals surface area contributed by atoms with Crippen LogP contribution in [-0.4, -0.2) is 58.0 Å². The topological polar surface area (TPSA) is 69.3 Å². The number of nitrogens with zero attached hydrogens (tertiary/aromatic N) is 3. The van der Waals surface area contributed by atoms with Crippen molar-refractivity contribution in [3.63, 3.8) is 0 Å². The number of H-pyrrole nitrogens is 1. The van der Waals surface area contributed by atoms with Gasteiger partial charge in [-0.15, -0.1) is 0 Å². The molecule has 7 heteroatoms. The van der Waals surface area contributed by atoms with Crippen molar-refractivity contribution in [1.82, 2.24) is 20.0 Å². The van der Waals surface area contributed by atoms with E-state index in [0.717, 1.165) is 0 Å². The first-order valence-corrected chi connectivity index (χ1v) is 7.44. The standard InChI is InChI=1S/C16H17FN4O2/c17-14-4-2-1-3-12(14)9-15(22)20-5-7-21(8-6-20)16(23)13-10-18-19-11-13/h1-4,10-11H,5-9H2,(H,18,19). The van der Waals surface area contributed by atoms with Crippen molar-refractivity contribution in [3.05, 3.63) is 53.6 Å². The van der Waals surface area contributed by atoms with E-state index in [9.17, 15) is 14.0 Å². The zero-order chi connectivity index (χ0) is 16.2. The molecule has 0 unspecified atom stereocenters. The van der Waals surface area contributed by atoms with Crippen molar-refractivity contribution in [1.29, 1.82) is 0 Å². The Balaban J connectivity index is 1.55. The SMILES string of the molecule is O=C(Cc1ccccc1F)N1CCN(C(=O)c2cn[nH]c2)CC1. The first-order chi connectivity index (χ1) is 11.1. The van der Waals surface area contributed by atoms with Crippen LogP contribution >= 0.6 is 0 Å². The molecular weight excluding hydrogens is 299 g/mol. The molecule has 0 aliphatic carbocycles. The fourth-order valence-electron chi connectivity index (χ4n) is 2.63. The van der Waals surface area contributed by atoms with E-state index >= 15 is 0 Å². The Morgan fingerprint density at radius 3 is 2.48 bits per heavy atom. The molecule has 1 fully saturated rings. The minimum absolute atomic E-state index is 0.0440. The van der Waals surface area contributed by atoms with Gasteiger partial charge in [0.15, 0.2) is 0 Å². The summed E-state index contributed by atoms with van der Waals surface area (Å²) in [7, 11) is 0. The fourth-order valence-corrected chi connectivity index (χ4v) is 2.63. The molecule has 1 saturated heterocycles. The lowest BCUT2D eigenvalue weighted by Crippen LogP contribution is -2.51. The molecule has 120 valence electrons. The number of piperazine rings is 1. The number of benzene rings is 1. The van der Waals surface area contributed by atoms with Crippen LogP contribution in [0, 0.1) is 5.82 Å². The molecule has 0 spiro atoms. The van der Waals surface area contributed by atoms with Crippen LogP contribution in [0.4, 0.5) is 4.39 Å². The number of aromatic amines is 1. The Kier molecular flexibility index (Phi) is 4.36. The van der Waals surface area contributed by atoms with Crippen molar-refractivity contribution >= 4 is 11.8 Å². The quantitative estimate of drug-likeness (QED) is 0.921. The average Bonchev–Trinajstić information content (AvgIpc) is 3.11. The van der Waals surface area contributed by atoms with Gasteiger partial charge in [-0.1, -0.05) is 18.2 Å². The zero-order valence-electron chi connectivity index (χ0n) is 12.5. The number of nitrogens with one attached hydrogen (secondary N) is 1. The monoisotopic (exact) mass is 316 g/mol. The molecule has 6 nitrogen and oxygen atoms in total. The summed E-state index contributed by atoms with van der Waals surface area (Å²) in [6.07, 6.45) is 3.08. The van der Waals surface area contributed by atoms with E-state index in [0.29, 0.717) is 37.3 Å². The number of hydrogen-bond donors (Lipinski definition) is 1. The Morgan fingerprint density at radius 2 is 1.83 bits per heavy atom. The number of carbonyl (C=O) groups is 2. The second kappa shape index (κ2) is 6.60. The molecule has 1 aromatic carbocycles. The first-order valence-electron chi connectivity index (χ1n) is 7.44. The summed E-state index contributed by atoms with van der Waals surface area (Å²) >= 11 is 0. The van der Waals surface area contributed by atoms with Gasteiger partial charge in [0.25, 0.3) is 5.91 Å². The highest BCUT2D eigenvalue weighted by Crippen LogP contribution is 2.12. The Morgan fingerprint density at radius 1 is 1.13 bits per heavy atom. The lowest BCUT2D eigenvalue weighted by Gasteiger charge is -2.34. The maximum atomic E-state index is 13.6. The van der Waals surface area contributed by atoms with Gasteiger partial charge >= 0.3 is 0 Å². The lowest BCUT2D eigenvalue weighted by molar-refractivity contribution is -0.132. The second-order valence-corrected chi connectivity index (χ2v) is 5.43. The summed E-state index contributed by atoms with van der Waals surface area (Å²) in [5.74, 6) is -0.583. The Hall–Kier alpha value is -2.70. The van der Waals surface area contributed by atoms with Crippen LogP contribution in [-0.2, 0) is 11.2 Å². The summed E-state index contributed by atoms with van der Waals surface area (Å²) in [4.78, 5) is 27.8. The molecule has 0 radical (unpaired) electrons. The van der Waals surface area contributed by atoms with Gasteiger partial charge in [-0.05, 0) is 11.6 Å². The third-order valence-corrected chi connectivity index (χ3v) is 3.96. The van der Waals surface area contributed by atoms with Crippen LogP contribution in [0.3, 0.4) is 0 Å². The van der Waals surface area contributed by atoms with Crippen LogP contribution in [0.25, 0.3) is 0 Å². The molecule has 2 amide bonds. The molecule has 0 atom stereocenters. The molecule has 1 N–H and O–H groups in total. The van der Waals surface area contributed by atoms with E-state index in [4.69, 9.17) is 0 Å². The number of amides is 2. The highest BCUT2D eigenvalue weighted by atomic mass is 19.1. The molecular formula is C16H17FN4O2. The number of hydrogen-bond acceptors (Lipinski definition) is 3. The smallest absolute Gasteiger partial charge is 0.257 e. The normalized spacial score (nSPS) is 14.8. The summed E-state index contributed by atoms with van der Waals surface area (Å²) < 4.78 is 13.6. The molecule has 2 aromatic rings. The number of rotatable bonds is 3. The van der Waals surface area contributed by atoms with Gasteiger partial charge in [0, 0.05) is 32.4 Å². The van der Waals surface area contributed by atoms with Crippen LogP contribution in [0.1, 0.15) is 15.9 Å². The van der Waals surface area contributed by atoms with Gasteiger partial charge in [-0.2, -0.15) is 5.10 Å². The van der Waals surface area contributed by atoms with Crippen LogP contribution in [0.5, 0.6) is 0 Å². The summed E-state index contributed by atoms with van der Waals surface area (Å²) in [5.41, 5.74) is 0.908. The van der Waals surface area contributed by atoms with Gasteiger partial charge in [0.05, 0.1) is 18.2 Å². The predicted octanol–water partition coefficient (Wildman–Crippen LogP) is 1.08. The van der Waals surface area contributed by atoms with Gasteiger partial charge < -0.3 is 9.80 Å². The third kappa shape index (κ3) is 3.39. The maximum Gasteiger partial charge on any atom is 0.257 e. The fraction of sp³-hybridized carbons (Fsp3) is 0.312. The highest BCUT2D eigenvalue weighted by Gasteiger charge is 2.25. The van der Waals surface area contributed by atoms with Crippen LogP contribution in [0.2, 0.25) is 0 Å². The minimum atomic E-state index is -0.366. The zero-order valence-corrected chi connectivity index (χ0v) is 12.5. The van der Waals surface area contributed by atoms with E-state index in [1.54, 1.807) is 34.2 Å². The molecule has 3 rings (SSSR count). The van der Waals surface area contributed by atoms with E-state index < -0.39 is 0 Å². The number of halogens is 1. The second-order valence-electron chi connectivity index (χ2n) is 5.43. The van der Waals surface area contributed by atoms with Crippen molar-refractivity contribution in [2.75, 3.05) is 26.2 Å². The molecule has 1 aliphatic heterocycles. The number of aromatic nitrogens is 2. The summed E-state index contributed by atoms with van der Waals surface area (Å²) in [6, 6.07) is 6.28. The highest BCUT2D eigenvalue weighted by molar-refractivity contribution is 5.93. The third-order valence-electron chi connectivity index (χ3n) is 3.96. The molecule has 0 saturated carbocycles. The first kappa shape index (κ1) is 15.2. The van der Waals surface area contributed by atoms with E-state index in [1.807, 2.05) is 0 Å². The summed E-state index contributed by atoms with van der Waals surface area (Å²) in [5, 5.41) is 6.38. The van der Waals surface area contributed by atoms with E-state index in [1.165, 1.54) is 12.3 Å².